The number of nitrogens with zero attached hydrogens (tertiary/aromatic N) is 2. The topological polar surface area (TPSA) is 90.3 Å². The number of hydrogen-bond acceptors (Lipinski definition) is 5. The Kier molecular flexibility index (Phi) is 8.22. The van der Waals surface area contributed by atoms with Crippen molar-refractivity contribution in [3.05, 3.63) is 87.6 Å². The highest BCUT2D eigenvalue weighted by Crippen LogP contribution is 2.30. The summed E-state index contributed by atoms with van der Waals surface area (Å²) < 4.78 is 6.33. The number of aromatic nitrogens is 2. The molecule has 184 valence electrons. The lowest BCUT2D eigenvalue weighted by molar-refractivity contribution is -0.141. The highest BCUT2D eigenvalue weighted by Gasteiger charge is 2.29. The van der Waals surface area contributed by atoms with Crippen LogP contribution in [0.2, 0.25) is 0 Å². The van der Waals surface area contributed by atoms with Crippen LogP contribution in [0, 0.1) is 26.7 Å². The van der Waals surface area contributed by atoms with Crippen LogP contribution < -0.4 is 10.9 Å². The maximum atomic E-state index is 13.5. The van der Waals surface area contributed by atoms with Crippen LogP contribution in [0.25, 0.3) is 11.1 Å². The summed E-state index contributed by atoms with van der Waals surface area (Å²) in [5.41, 5.74) is 5.44. The molecular weight excluding hydrogens is 442 g/mol. The average Bonchev–Trinajstić information content (AvgIpc) is 2.80. The summed E-state index contributed by atoms with van der Waals surface area (Å²) in [4.78, 5) is 42.8. The predicted octanol–water partition coefficient (Wildman–Crippen LogP) is 4.45. The van der Waals surface area contributed by atoms with Crippen molar-refractivity contribution in [1.29, 1.82) is 0 Å². The molecule has 0 aliphatic heterocycles. The Balaban J connectivity index is 2.00. The standard InChI is InChI=1S/C28H33N3O4/c1-17(2)27(31-11-10-18(3)12-24(31)32)28(34)30-23(14-25(33)35-6)21-13-22(16-29-15-21)26-19(4)8-7-9-20(26)5/h7-13,15-17,23,27H,14H2,1-6H3,(H,30,34). The van der Waals surface area contributed by atoms with Gasteiger partial charge in [-0.25, -0.2) is 0 Å². The van der Waals surface area contributed by atoms with Crippen LogP contribution in [-0.4, -0.2) is 28.5 Å². The molecule has 0 aliphatic rings. The Morgan fingerprint density at radius 2 is 1.74 bits per heavy atom. The molecule has 2 atom stereocenters. The molecular formula is C28H33N3O4. The minimum Gasteiger partial charge on any atom is -0.469 e. The molecule has 3 rings (SSSR count). The molecule has 2 unspecified atom stereocenters. The van der Waals surface area contributed by atoms with E-state index in [1.807, 2.05) is 58.9 Å². The third-order valence-corrected chi connectivity index (χ3v) is 6.15. The number of ether oxygens (including phenoxy) is 1. The first-order valence-electron chi connectivity index (χ1n) is 11.7. The lowest BCUT2D eigenvalue weighted by atomic mass is 9.94. The maximum absolute atomic E-state index is 13.5. The van der Waals surface area contributed by atoms with Crippen molar-refractivity contribution < 1.29 is 14.3 Å². The van der Waals surface area contributed by atoms with Crippen molar-refractivity contribution in [2.45, 2.75) is 53.1 Å². The first-order chi connectivity index (χ1) is 16.6. The molecule has 3 aromatic rings. The fraction of sp³-hybridized carbons (Fsp3) is 0.357. The molecule has 0 bridgehead atoms. The molecule has 7 heteroatoms. The van der Waals surface area contributed by atoms with Gasteiger partial charge in [-0.05, 0) is 66.6 Å². The van der Waals surface area contributed by atoms with Gasteiger partial charge < -0.3 is 14.6 Å². The van der Waals surface area contributed by atoms with Crippen LogP contribution in [0.15, 0.2) is 59.8 Å². The Morgan fingerprint density at radius 3 is 2.34 bits per heavy atom. The number of pyridine rings is 2. The zero-order valence-corrected chi connectivity index (χ0v) is 21.2. The van der Waals surface area contributed by atoms with Crippen molar-refractivity contribution >= 4 is 11.9 Å². The number of benzene rings is 1. The van der Waals surface area contributed by atoms with Gasteiger partial charge in [0.25, 0.3) is 5.56 Å². The molecule has 0 fully saturated rings. The smallest absolute Gasteiger partial charge is 0.307 e. The number of carbonyl (C=O) groups excluding carboxylic acids is 2. The zero-order valence-electron chi connectivity index (χ0n) is 21.2. The van der Waals surface area contributed by atoms with Crippen LogP contribution in [0.5, 0.6) is 0 Å². The number of hydrogen-bond donors (Lipinski definition) is 1. The number of methoxy groups -OCH3 is 1. The summed E-state index contributed by atoms with van der Waals surface area (Å²) >= 11 is 0. The van der Waals surface area contributed by atoms with Crippen molar-refractivity contribution in [3.8, 4) is 11.1 Å². The Hall–Kier alpha value is -3.74. The van der Waals surface area contributed by atoms with Crippen LogP contribution in [0.1, 0.15) is 54.6 Å². The Morgan fingerprint density at radius 1 is 1.06 bits per heavy atom. The maximum Gasteiger partial charge on any atom is 0.307 e. The van der Waals surface area contributed by atoms with E-state index in [1.54, 1.807) is 24.7 Å². The lowest BCUT2D eigenvalue weighted by Crippen LogP contribution is -2.41. The molecule has 0 saturated carbocycles. The molecule has 0 saturated heterocycles. The SMILES string of the molecule is COC(=O)CC(NC(=O)C(C(C)C)n1ccc(C)cc1=O)c1cncc(-c2c(C)cccc2C)c1. The highest BCUT2D eigenvalue weighted by molar-refractivity contribution is 5.82. The largest absolute Gasteiger partial charge is 0.469 e. The highest BCUT2D eigenvalue weighted by atomic mass is 16.5. The first kappa shape index (κ1) is 25.9. The van der Waals surface area contributed by atoms with E-state index < -0.39 is 18.1 Å². The number of amides is 1. The third-order valence-electron chi connectivity index (χ3n) is 6.15. The summed E-state index contributed by atoms with van der Waals surface area (Å²) in [6.45, 7) is 9.67. The van der Waals surface area contributed by atoms with Gasteiger partial charge in [-0.15, -0.1) is 0 Å². The second kappa shape index (κ2) is 11.1. The van der Waals surface area contributed by atoms with Crippen LogP contribution in [0.4, 0.5) is 0 Å². The van der Waals surface area contributed by atoms with Gasteiger partial charge in [-0.2, -0.15) is 0 Å². The predicted molar refractivity (Wildman–Crippen MR) is 136 cm³/mol. The number of rotatable bonds is 8. The van der Waals surface area contributed by atoms with Gasteiger partial charge in [0, 0.05) is 30.2 Å². The molecule has 0 spiro atoms. The van der Waals surface area contributed by atoms with Gasteiger partial charge in [0.2, 0.25) is 5.91 Å². The van der Waals surface area contributed by atoms with Crippen LogP contribution >= 0.6 is 0 Å². The molecule has 35 heavy (non-hydrogen) atoms. The van der Waals surface area contributed by atoms with Gasteiger partial charge in [0.05, 0.1) is 19.6 Å². The molecule has 1 aromatic carbocycles. The van der Waals surface area contributed by atoms with Crippen molar-refractivity contribution in [3.63, 3.8) is 0 Å². The summed E-state index contributed by atoms with van der Waals surface area (Å²) in [5.74, 6) is -0.966. The molecule has 1 amide bonds. The van der Waals surface area contributed by atoms with Crippen molar-refractivity contribution in [2.75, 3.05) is 7.11 Å². The molecule has 2 aromatic heterocycles. The number of aryl methyl sites for hydroxylation is 3. The van der Waals surface area contributed by atoms with E-state index in [9.17, 15) is 14.4 Å². The average molecular weight is 476 g/mol. The van der Waals surface area contributed by atoms with E-state index in [0.29, 0.717) is 5.56 Å². The van der Waals surface area contributed by atoms with E-state index >= 15 is 0 Å². The summed E-state index contributed by atoms with van der Waals surface area (Å²) in [5, 5.41) is 2.99. The first-order valence-corrected chi connectivity index (χ1v) is 11.7. The minimum atomic E-state index is -0.738. The molecule has 7 nitrogen and oxygen atoms in total. The van der Waals surface area contributed by atoms with Crippen LogP contribution in [0.3, 0.4) is 0 Å². The fourth-order valence-corrected chi connectivity index (χ4v) is 4.38. The lowest BCUT2D eigenvalue weighted by Gasteiger charge is -2.26. The van der Waals surface area contributed by atoms with Gasteiger partial charge in [0.15, 0.2) is 0 Å². The van der Waals surface area contributed by atoms with E-state index in [2.05, 4.69) is 10.3 Å². The summed E-state index contributed by atoms with van der Waals surface area (Å²) in [7, 11) is 1.31. The fourth-order valence-electron chi connectivity index (χ4n) is 4.38. The van der Waals surface area contributed by atoms with Crippen molar-refractivity contribution in [2.24, 2.45) is 5.92 Å². The second-order valence-electron chi connectivity index (χ2n) is 9.25. The van der Waals surface area contributed by atoms with E-state index in [1.165, 1.54) is 17.7 Å². The van der Waals surface area contributed by atoms with E-state index in [0.717, 1.165) is 27.8 Å². The quantitative estimate of drug-likeness (QED) is 0.486. The second-order valence-corrected chi connectivity index (χ2v) is 9.25. The number of carbonyl (C=O) groups is 2. The van der Waals surface area contributed by atoms with Crippen LogP contribution in [-0.2, 0) is 14.3 Å². The van der Waals surface area contributed by atoms with Gasteiger partial charge in [-0.1, -0.05) is 32.0 Å². The molecule has 0 radical (unpaired) electrons. The van der Waals surface area contributed by atoms with Gasteiger partial charge >= 0.3 is 5.97 Å². The van der Waals surface area contributed by atoms with E-state index in [4.69, 9.17) is 4.74 Å². The van der Waals surface area contributed by atoms with Gasteiger partial charge in [-0.3, -0.25) is 19.4 Å². The molecule has 1 N–H and O–H groups in total. The number of nitrogens with one attached hydrogen (secondary N) is 1. The van der Waals surface area contributed by atoms with E-state index in [-0.39, 0.29) is 23.8 Å². The Labute approximate surface area is 206 Å². The third kappa shape index (κ3) is 6.04. The normalized spacial score (nSPS) is 12.8. The summed E-state index contributed by atoms with van der Waals surface area (Å²) in [6.07, 6.45) is 5.00. The monoisotopic (exact) mass is 475 g/mol. The van der Waals surface area contributed by atoms with Gasteiger partial charge in [0.1, 0.15) is 6.04 Å². The Bertz CT molecular complexity index is 1260. The minimum absolute atomic E-state index is 0.0618. The van der Waals surface area contributed by atoms with Crippen molar-refractivity contribution in [1.82, 2.24) is 14.9 Å². The summed E-state index contributed by atoms with van der Waals surface area (Å²) in [6, 6.07) is 9.92. The number of esters is 1. The zero-order chi connectivity index (χ0) is 25.7. The molecule has 2 heterocycles. The molecule has 0 aliphatic carbocycles.